The average molecular weight is 569 g/mol. The second-order valence-electron chi connectivity index (χ2n) is 10.4. The summed E-state index contributed by atoms with van der Waals surface area (Å²) in [6.07, 6.45) is 7.33. The van der Waals surface area contributed by atoms with E-state index in [0.717, 1.165) is 49.7 Å². The Labute approximate surface area is 227 Å². The first-order valence-electron chi connectivity index (χ1n) is 13.3. The van der Waals surface area contributed by atoms with Crippen LogP contribution in [0.3, 0.4) is 0 Å². The zero-order chi connectivity index (χ0) is 28.0. The van der Waals surface area contributed by atoms with Crippen molar-refractivity contribution >= 4 is 20.2 Å². The van der Waals surface area contributed by atoms with Gasteiger partial charge in [0.2, 0.25) is 0 Å². The highest BCUT2D eigenvalue weighted by molar-refractivity contribution is 7.87. The molecule has 1 atom stereocenters. The highest BCUT2D eigenvalue weighted by Crippen LogP contribution is 2.42. The molecule has 0 radical (unpaired) electrons. The zero-order valence-electron chi connectivity index (χ0n) is 22.4. The Morgan fingerprint density at radius 3 is 1.66 bits per heavy atom. The van der Waals surface area contributed by atoms with E-state index in [1.165, 1.54) is 24.3 Å². The lowest BCUT2D eigenvalue weighted by Gasteiger charge is -2.40. The summed E-state index contributed by atoms with van der Waals surface area (Å²) in [5, 5.41) is 22.0. The fraction of sp³-hybridized carbons (Fsp3) is 0.571. The zero-order valence-corrected chi connectivity index (χ0v) is 24.0. The van der Waals surface area contributed by atoms with Gasteiger partial charge in [-0.2, -0.15) is 16.8 Å². The molecule has 10 heteroatoms. The molecule has 1 fully saturated rings. The molecule has 1 aliphatic carbocycles. The van der Waals surface area contributed by atoms with E-state index in [2.05, 4.69) is 6.92 Å². The van der Waals surface area contributed by atoms with Gasteiger partial charge < -0.3 is 10.2 Å². The lowest BCUT2D eigenvalue weighted by Crippen LogP contribution is -2.51. The fourth-order valence-electron chi connectivity index (χ4n) is 5.08. The monoisotopic (exact) mass is 568 g/mol. The maximum atomic E-state index is 13.2. The first-order chi connectivity index (χ1) is 17.9. The predicted molar refractivity (Wildman–Crippen MR) is 144 cm³/mol. The van der Waals surface area contributed by atoms with Gasteiger partial charge in [0.25, 0.3) is 0 Å². The maximum absolute atomic E-state index is 13.2. The van der Waals surface area contributed by atoms with Crippen LogP contribution in [0.5, 0.6) is 0 Å². The van der Waals surface area contributed by atoms with E-state index >= 15 is 0 Å². The van der Waals surface area contributed by atoms with Crippen molar-refractivity contribution in [3.8, 4) is 0 Å². The van der Waals surface area contributed by atoms with Gasteiger partial charge in [-0.25, -0.2) is 8.37 Å². The first-order valence-corrected chi connectivity index (χ1v) is 16.1. The van der Waals surface area contributed by atoms with Crippen LogP contribution in [-0.4, -0.2) is 39.6 Å². The lowest BCUT2D eigenvalue weighted by atomic mass is 9.74. The summed E-state index contributed by atoms with van der Waals surface area (Å²) in [4.78, 5) is -0.539. The molecule has 38 heavy (non-hydrogen) atoms. The molecular weight excluding hydrogens is 528 g/mol. The van der Waals surface area contributed by atoms with Crippen LogP contribution in [-0.2, 0) is 28.6 Å². The Morgan fingerprint density at radius 1 is 0.816 bits per heavy atom. The number of hydrogen-bond donors (Lipinski definition) is 2. The van der Waals surface area contributed by atoms with Crippen molar-refractivity contribution in [2.45, 2.75) is 87.9 Å². The van der Waals surface area contributed by atoms with Crippen LogP contribution in [0.1, 0.15) is 69.4 Å². The Balaban J connectivity index is 1.92. The first kappa shape index (κ1) is 30.7. The summed E-state index contributed by atoms with van der Waals surface area (Å²) >= 11 is 0. The van der Waals surface area contributed by atoms with Gasteiger partial charge in [-0.15, -0.1) is 0 Å². The van der Waals surface area contributed by atoms with Gasteiger partial charge in [0.1, 0.15) is 0 Å². The molecule has 0 spiro atoms. The van der Waals surface area contributed by atoms with Crippen LogP contribution < -0.4 is 0 Å². The van der Waals surface area contributed by atoms with Gasteiger partial charge >= 0.3 is 26.2 Å². The van der Waals surface area contributed by atoms with E-state index in [0.29, 0.717) is 18.8 Å². The van der Waals surface area contributed by atoms with E-state index in [4.69, 9.17) is 8.37 Å². The third-order valence-electron chi connectivity index (χ3n) is 7.42. The highest BCUT2D eigenvalue weighted by Gasteiger charge is 2.51. The minimum Gasteiger partial charge on any atom is -0.396 e. The summed E-state index contributed by atoms with van der Waals surface area (Å²) < 4.78 is 63.2. The van der Waals surface area contributed by atoms with Crippen molar-refractivity contribution in [2.75, 3.05) is 6.61 Å². The van der Waals surface area contributed by atoms with Crippen molar-refractivity contribution in [1.82, 2.24) is 0 Å². The molecule has 0 bridgehead atoms. The summed E-state index contributed by atoms with van der Waals surface area (Å²) in [6.45, 7) is 4.99. The third-order valence-corrected chi connectivity index (χ3v) is 10.0. The van der Waals surface area contributed by atoms with Crippen molar-refractivity contribution in [1.29, 1.82) is 0 Å². The van der Waals surface area contributed by atoms with E-state index in [-0.39, 0.29) is 9.79 Å². The minimum absolute atomic E-state index is 0.269. The number of unbranched alkanes of at least 4 members (excludes halogenated alkanes) is 2. The molecule has 0 amide bonds. The minimum atomic E-state index is -4.67. The Hall–Kier alpha value is -1.82. The van der Waals surface area contributed by atoms with Crippen molar-refractivity contribution < 1.29 is 35.4 Å². The number of aryl methyl sites for hydroxylation is 2. The molecule has 212 valence electrons. The van der Waals surface area contributed by atoms with Gasteiger partial charge in [0.05, 0.1) is 22.3 Å². The summed E-state index contributed by atoms with van der Waals surface area (Å²) in [5.74, 6) is -4.38. The number of rotatable bonds is 13. The molecule has 8 nitrogen and oxygen atoms in total. The highest BCUT2D eigenvalue weighted by atomic mass is 32.2. The largest absolute Gasteiger partial charge is 0.396 e. The third kappa shape index (κ3) is 7.86. The quantitative estimate of drug-likeness (QED) is 0.195. The van der Waals surface area contributed by atoms with Gasteiger partial charge in [-0.3, -0.25) is 0 Å². The van der Waals surface area contributed by atoms with Gasteiger partial charge in [-0.05, 0) is 62.8 Å². The topological polar surface area (TPSA) is 127 Å². The molecule has 1 aliphatic rings. The summed E-state index contributed by atoms with van der Waals surface area (Å²) in [7, 11) is -9.33. The molecule has 3 rings (SSSR count). The van der Waals surface area contributed by atoms with Gasteiger partial charge in [0.15, 0.2) is 0 Å². The van der Waals surface area contributed by atoms with E-state index in [1.54, 1.807) is 38.1 Å². The molecule has 0 heterocycles. The van der Waals surface area contributed by atoms with Crippen LogP contribution in [0.15, 0.2) is 58.3 Å². The number of hydrogen-bond acceptors (Lipinski definition) is 8. The second kappa shape index (κ2) is 13.0. The van der Waals surface area contributed by atoms with E-state index in [9.17, 15) is 27.0 Å². The Bertz CT molecular complexity index is 1150. The van der Waals surface area contributed by atoms with Gasteiger partial charge in [0, 0.05) is 0 Å². The van der Waals surface area contributed by atoms with Crippen molar-refractivity contribution in [2.24, 2.45) is 17.8 Å². The molecule has 0 aromatic heterocycles. The maximum Gasteiger partial charge on any atom is 0.316 e. The summed E-state index contributed by atoms with van der Waals surface area (Å²) in [5.41, 5.74) is 1.61. The second-order valence-corrected chi connectivity index (χ2v) is 13.5. The van der Waals surface area contributed by atoms with Gasteiger partial charge in [-0.1, -0.05) is 80.8 Å². The molecule has 2 aromatic carbocycles. The van der Waals surface area contributed by atoms with Crippen LogP contribution in [0.25, 0.3) is 0 Å². The Morgan fingerprint density at radius 2 is 1.26 bits per heavy atom. The molecule has 2 N–H and O–H groups in total. The normalized spacial score (nSPS) is 19.8. The van der Waals surface area contributed by atoms with Crippen LogP contribution in [0, 0.1) is 31.6 Å². The van der Waals surface area contributed by atoms with Crippen LogP contribution >= 0.6 is 0 Å². The van der Waals surface area contributed by atoms with Crippen molar-refractivity contribution in [3.63, 3.8) is 0 Å². The number of benzene rings is 2. The average Bonchev–Trinajstić information content (AvgIpc) is 2.85. The predicted octanol–water partition coefficient (Wildman–Crippen LogP) is 5.06. The molecule has 1 saturated carbocycles. The number of aliphatic hydroxyl groups excluding tert-OH is 1. The smallest absolute Gasteiger partial charge is 0.316 e. The molecule has 1 unspecified atom stereocenters. The van der Waals surface area contributed by atoms with E-state index < -0.39 is 44.7 Å². The van der Waals surface area contributed by atoms with Crippen LogP contribution in [0.4, 0.5) is 0 Å². The summed E-state index contributed by atoms with van der Waals surface area (Å²) in [6, 6.07) is 11.4. The molecular formula is C28H40O8S2. The SMILES string of the molecule is CCCCCC1CCC(C(CO)C(O)(OS(=O)(=O)c2ccc(C)cc2)OS(=O)(=O)c2ccc(C)cc2)CC1. The molecule has 0 aliphatic heterocycles. The molecule has 2 aromatic rings. The fourth-order valence-corrected chi connectivity index (χ4v) is 7.20. The van der Waals surface area contributed by atoms with E-state index in [1.807, 2.05) is 0 Å². The number of aliphatic hydroxyl groups is 2. The molecule has 0 saturated heterocycles. The Kier molecular flexibility index (Phi) is 10.5. The van der Waals surface area contributed by atoms with Crippen LogP contribution in [0.2, 0.25) is 0 Å². The standard InChI is InChI=1S/C28H40O8S2/c1-4-5-6-7-23-12-14-24(15-13-23)27(20-29)28(30,35-37(31,32)25-16-8-21(2)9-17-25)36-38(33,34)26-18-10-22(3)11-19-26/h8-11,16-19,23-24,27,29-30H,4-7,12-15,20H2,1-3H3. The van der Waals surface area contributed by atoms with Crippen molar-refractivity contribution in [3.05, 3.63) is 59.7 Å². The lowest BCUT2D eigenvalue weighted by molar-refractivity contribution is -0.315.